The van der Waals surface area contributed by atoms with Crippen LogP contribution in [-0.2, 0) is 29.3 Å². The maximum atomic E-state index is 12.7. The Bertz CT molecular complexity index is 1760. The van der Waals surface area contributed by atoms with Crippen molar-refractivity contribution in [2.24, 2.45) is 11.8 Å². The Morgan fingerprint density at radius 2 is 1.00 bits per heavy atom. The summed E-state index contributed by atoms with van der Waals surface area (Å²) in [7, 11) is -7.48. The van der Waals surface area contributed by atoms with Crippen LogP contribution in [0.15, 0.2) is 58.3 Å². The second kappa shape index (κ2) is 13.6. The summed E-state index contributed by atoms with van der Waals surface area (Å²) in [6, 6.07) is 16.4. The van der Waals surface area contributed by atoms with Crippen molar-refractivity contribution < 1.29 is 36.6 Å². The van der Waals surface area contributed by atoms with Gasteiger partial charge in [-0.15, -0.1) is 0 Å². The van der Waals surface area contributed by atoms with Crippen LogP contribution in [0, 0.1) is 34.5 Å². The molecule has 2 amide bonds. The number of nitriles is 2. The van der Waals surface area contributed by atoms with E-state index in [1.54, 1.807) is 24.3 Å². The van der Waals surface area contributed by atoms with Crippen LogP contribution in [0.4, 0.5) is 0 Å². The Balaban J connectivity index is 0.000000188. The minimum atomic E-state index is -3.74. The molecule has 16 heteroatoms. The highest BCUT2D eigenvalue weighted by molar-refractivity contribution is 7.92. The Morgan fingerprint density at radius 1 is 0.667 bits per heavy atom. The number of amides is 2. The molecule has 0 aromatic heterocycles. The summed E-state index contributed by atoms with van der Waals surface area (Å²) < 4.78 is 51.0. The molecule has 12 nitrogen and oxygen atoms in total. The van der Waals surface area contributed by atoms with Gasteiger partial charge in [0.25, 0.3) is 0 Å². The molecule has 6 atom stereocenters. The lowest BCUT2D eigenvalue weighted by molar-refractivity contribution is -0.129. The molecule has 4 aliphatic rings. The zero-order valence-electron chi connectivity index (χ0n) is 25.6. The average Bonchev–Trinajstić information content (AvgIpc) is 3.92. The highest BCUT2D eigenvalue weighted by Gasteiger charge is 2.51. The molecule has 0 aliphatic heterocycles. The van der Waals surface area contributed by atoms with Crippen LogP contribution in [0.1, 0.15) is 51.4 Å². The first kappa shape index (κ1) is 36.1. The molecule has 4 aliphatic carbocycles. The molecule has 2 aromatic carbocycles. The third kappa shape index (κ3) is 7.34. The number of nitrogens with zero attached hydrogens (tertiary/aromatic N) is 2. The average molecular weight is 738 g/mol. The Labute approximate surface area is 288 Å². The fourth-order valence-corrected chi connectivity index (χ4v) is 10.8. The van der Waals surface area contributed by atoms with Crippen molar-refractivity contribution in [2.45, 2.75) is 94.9 Å². The van der Waals surface area contributed by atoms with Crippen LogP contribution in [-0.4, -0.2) is 72.6 Å². The van der Waals surface area contributed by atoms with E-state index in [1.807, 2.05) is 12.1 Å². The molecule has 48 heavy (non-hydrogen) atoms. The number of aliphatic hydroxyl groups is 2. The highest BCUT2D eigenvalue weighted by atomic mass is 35.5. The van der Waals surface area contributed by atoms with E-state index in [0.717, 1.165) is 0 Å². The normalized spacial score (nSPS) is 28.1. The Morgan fingerprint density at radius 3 is 1.29 bits per heavy atom. The monoisotopic (exact) mass is 736 g/mol. The van der Waals surface area contributed by atoms with Gasteiger partial charge in [-0.05, 0) is 75.6 Å². The molecule has 0 bridgehead atoms. The zero-order chi connectivity index (χ0) is 35.1. The van der Waals surface area contributed by atoms with Crippen molar-refractivity contribution in [3.63, 3.8) is 0 Å². The van der Waals surface area contributed by atoms with Gasteiger partial charge in [0.05, 0.1) is 66.5 Å². The van der Waals surface area contributed by atoms with Crippen molar-refractivity contribution in [3.05, 3.63) is 58.6 Å². The van der Waals surface area contributed by atoms with Gasteiger partial charge >= 0.3 is 0 Å². The summed E-state index contributed by atoms with van der Waals surface area (Å²) in [5.41, 5.74) is -1.67. The van der Waals surface area contributed by atoms with Gasteiger partial charge in [-0.3, -0.25) is 9.59 Å². The second-order valence-electron chi connectivity index (χ2n) is 12.9. The van der Waals surface area contributed by atoms with Crippen LogP contribution < -0.4 is 10.6 Å². The summed E-state index contributed by atoms with van der Waals surface area (Å²) in [4.78, 5) is 24.6. The number of aliphatic hydroxyl groups excluding tert-OH is 2. The smallest absolute Gasteiger partial charge is 0.227 e. The standard InChI is InChI=1S/2C16H17ClN2O4S/c2*17-12-3-1-2-4-14(12)24(22,23)10-7-11(13(20)8-10)15(21)19-16(9-18)5-6-16/h2*1-4,10-11,13,20H,5-8H2,(H,19,21)/t2*10-,11+,13+/m10/s1. The number of sulfone groups is 2. The molecule has 4 fully saturated rings. The lowest BCUT2D eigenvalue weighted by Gasteiger charge is -2.16. The minimum absolute atomic E-state index is 0.0145. The Hall–Kier alpha value is -3.24. The highest BCUT2D eigenvalue weighted by Crippen LogP contribution is 2.40. The van der Waals surface area contributed by atoms with Crippen molar-refractivity contribution in [2.75, 3.05) is 0 Å². The van der Waals surface area contributed by atoms with Crippen molar-refractivity contribution in [3.8, 4) is 12.1 Å². The summed E-state index contributed by atoms with van der Waals surface area (Å²) in [5, 5.41) is 42.2. The predicted octanol–water partition coefficient (Wildman–Crippen LogP) is 2.85. The lowest BCUT2D eigenvalue weighted by Crippen LogP contribution is -2.42. The molecular weight excluding hydrogens is 703 g/mol. The molecule has 0 radical (unpaired) electrons. The number of rotatable bonds is 8. The fourth-order valence-electron chi connectivity index (χ4n) is 6.16. The molecule has 2 aromatic rings. The van der Waals surface area contributed by atoms with Crippen LogP contribution in [0.5, 0.6) is 0 Å². The number of hydrogen-bond acceptors (Lipinski definition) is 10. The molecule has 0 spiro atoms. The van der Waals surface area contributed by atoms with Crippen LogP contribution >= 0.6 is 23.2 Å². The third-order valence-corrected chi connectivity index (χ3v) is 14.8. The molecule has 6 rings (SSSR count). The van der Waals surface area contributed by atoms with Gasteiger partial charge in [-0.1, -0.05) is 47.5 Å². The summed E-state index contributed by atoms with van der Waals surface area (Å²) >= 11 is 12.0. The zero-order valence-corrected chi connectivity index (χ0v) is 28.7. The molecule has 4 N–H and O–H groups in total. The number of carbonyl (C=O) groups is 2. The van der Waals surface area contributed by atoms with E-state index in [2.05, 4.69) is 10.6 Å². The first-order valence-electron chi connectivity index (χ1n) is 15.4. The number of carbonyl (C=O) groups excluding carboxylic acids is 2. The molecular formula is C32H34Cl2N4O8S2. The topological polar surface area (TPSA) is 215 Å². The van der Waals surface area contributed by atoms with Gasteiger partial charge in [0.2, 0.25) is 11.8 Å². The predicted molar refractivity (Wildman–Crippen MR) is 174 cm³/mol. The maximum absolute atomic E-state index is 12.7. The van der Waals surface area contributed by atoms with E-state index in [1.165, 1.54) is 24.3 Å². The summed E-state index contributed by atoms with van der Waals surface area (Å²) in [6.45, 7) is 0. The third-order valence-electron chi connectivity index (χ3n) is 9.46. The molecule has 0 heterocycles. The van der Waals surface area contributed by atoms with E-state index < -0.39 is 77.1 Å². The number of hydrogen-bond donors (Lipinski definition) is 4. The maximum Gasteiger partial charge on any atom is 0.227 e. The number of nitrogens with one attached hydrogen (secondary N) is 2. The number of benzene rings is 2. The van der Waals surface area contributed by atoms with Gasteiger partial charge in [-0.2, -0.15) is 10.5 Å². The Kier molecular flexibility index (Phi) is 10.2. The van der Waals surface area contributed by atoms with Crippen LogP contribution in [0.25, 0.3) is 0 Å². The molecule has 4 saturated carbocycles. The van der Waals surface area contributed by atoms with Crippen molar-refractivity contribution in [1.82, 2.24) is 10.6 Å². The first-order chi connectivity index (χ1) is 22.6. The lowest BCUT2D eigenvalue weighted by atomic mass is 10.0. The van der Waals surface area contributed by atoms with E-state index in [9.17, 15) is 36.6 Å². The molecule has 256 valence electrons. The van der Waals surface area contributed by atoms with Crippen LogP contribution in [0.2, 0.25) is 10.0 Å². The van der Waals surface area contributed by atoms with E-state index in [-0.39, 0.29) is 45.5 Å². The summed E-state index contributed by atoms with van der Waals surface area (Å²) in [5.74, 6) is -2.59. The van der Waals surface area contributed by atoms with Crippen molar-refractivity contribution >= 4 is 54.7 Å². The van der Waals surface area contributed by atoms with Crippen molar-refractivity contribution in [1.29, 1.82) is 10.5 Å². The first-order valence-corrected chi connectivity index (χ1v) is 19.2. The van der Waals surface area contributed by atoms with Gasteiger partial charge < -0.3 is 20.8 Å². The van der Waals surface area contributed by atoms with E-state index in [0.29, 0.717) is 25.7 Å². The SMILES string of the molecule is N#CC1(NC(=O)[C@@H]2C[C@H](S(=O)(=O)c3ccccc3Cl)C[C@H]2O)CC1.N#CC1(NC(=O)[C@H]2C[C@@H](S(=O)(=O)c3ccccc3Cl)C[C@@H]2O)CC1. The summed E-state index contributed by atoms with van der Waals surface area (Å²) in [6.07, 6.45) is 0.210. The van der Waals surface area contributed by atoms with E-state index in [4.69, 9.17) is 33.7 Å². The quantitative estimate of drug-likeness (QED) is 0.311. The van der Waals surface area contributed by atoms with Crippen LogP contribution in [0.3, 0.4) is 0 Å². The largest absolute Gasteiger partial charge is 0.392 e. The fraction of sp³-hybridized carbons (Fsp3) is 0.500. The van der Waals surface area contributed by atoms with E-state index >= 15 is 0 Å². The molecule has 0 unspecified atom stereocenters. The van der Waals surface area contributed by atoms with Gasteiger partial charge in [-0.25, -0.2) is 16.8 Å². The second-order valence-corrected chi connectivity index (χ2v) is 18.1. The van der Waals surface area contributed by atoms with Gasteiger partial charge in [0.15, 0.2) is 19.7 Å². The number of halogens is 2. The van der Waals surface area contributed by atoms with Gasteiger partial charge in [0.1, 0.15) is 11.1 Å². The minimum Gasteiger partial charge on any atom is -0.392 e. The van der Waals surface area contributed by atoms with Gasteiger partial charge in [0, 0.05) is 0 Å². The molecule has 0 saturated heterocycles.